The number of nitrogens with one attached hydrogen (secondary N) is 2. The number of carboxylic acid groups (broad SMARTS) is 5. The van der Waals surface area contributed by atoms with Crippen LogP contribution in [-0.4, -0.2) is 180 Å². The molecular weight excluding hydrogens is 1020 g/mol. The Hall–Kier alpha value is -7.03. The first-order valence-corrected chi connectivity index (χ1v) is 26.4. The van der Waals surface area contributed by atoms with Crippen molar-refractivity contribution in [2.45, 2.75) is 81.2 Å². The van der Waals surface area contributed by atoms with Gasteiger partial charge in [-0.05, 0) is 75.6 Å². The first kappa shape index (κ1) is 58.2. The molecule has 3 heterocycles. The molecule has 2 atom stereocenters. The van der Waals surface area contributed by atoms with Crippen LogP contribution in [0.2, 0.25) is 0 Å². The Kier molecular flexibility index (Phi) is 20.8. The van der Waals surface area contributed by atoms with E-state index >= 15 is 0 Å². The second kappa shape index (κ2) is 27.1. The number of piperidine rings is 2. The Morgan fingerprint density at radius 1 is 0.711 bits per heavy atom. The van der Waals surface area contributed by atoms with Gasteiger partial charge in [0.1, 0.15) is 60.2 Å². The highest BCUT2D eigenvalue weighted by Crippen LogP contribution is 2.43. The van der Waals surface area contributed by atoms with Gasteiger partial charge < -0.3 is 59.9 Å². The van der Waals surface area contributed by atoms with Crippen LogP contribution in [0.25, 0.3) is 33.4 Å². The van der Waals surface area contributed by atoms with Crippen LogP contribution in [0.3, 0.4) is 0 Å². The summed E-state index contributed by atoms with van der Waals surface area (Å²) in [6.45, 7) is -0.572. The lowest BCUT2D eigenvalue weighted by atomic mass is 9.92. The molecule has 1 aliphatic carbocycles. The predicted octanol–water partition coefficient (Wildman–Crippen LogP) is 1.77. The highest BCUT2D eigenvalue weighted by Gasteiger charge is 2.32. The summed E-state index contributed by atoms with van der Waals surface area (Å²) in [6, 6.07) is 14.6. The van der Waals surface area contributed by atoms with Crippen LogP contribution in [0.5, 0.6) is 0 Å². The normalized spacial score (nSPS) is 16.2. The molecule has 2 saturated heterocycles. The first-order chi connectivity index (χ1) is 36.2. The number of hydrogen-bond acceptors (Lipinski definition) is 16. The molecule has 412 valence electrons. The molecule has 0 aromatic heterocycles. The Labute approximate surface area is 437 Å². The van der Waals surface area contributed by atoms with Gasteiger partial charge >= 0.3 is 29.8 Å². The number of anilines is 1. The van der Waals surface area contributed by atoms with Crippen molar-refractivity contribution in [3.05, 3.63) is 66.0 Å². The van der Waals surface area contributed by atoms with Gasteiger partial charge in [-0.25, -0.2) is 13.0 Å². The standard InChI is InChI=1S/C51H64N6O18S/c58-31-74-30-57(29-46(63)64)40(51(69)70)9-4-6-20-53-49(66)33-17-23-55(24-18-33)35-12-14-37-42(26-35)75-41-25-34(11-13-36(41)47(37)38-7-1-2-10-43(38)76(71,72)73)54-21-15-32(16-22-54)48(65)52-19-5-3-8-39(50(67)68)56(27-44(59)60)28-45(61)62/h1-2,7,10-14,25-26,32-33,39-40,58H,3-6,8-9,15-24,27-31H2,(H7-,52,53,59,60,61,62,63,64,65,66,67,68,69,70,71,72,73). The van der Waals surface area contributed by atoms with E-state index in [1.165, 1.54) is 12.1 Å². The largest absolute Gasteiger partial charge is 0.744 e. The molecule has 76 heavy (non-hydrogen) atoms. The zero-order chi connectivity index (χ0) is 55.1. The molecule has 0 bridgehead atoms. The van der Waals surface area contributed by atoms with Crippen LogP contribution < -0.4 is 25.5 Å². The predicted molar refractivity (Wildman–Crippen MR) is 270 cm³/mol. The van der Waals surface area contributed by atoms with E-state index in [4.69, 9.17) is 24.5 Å². The highest BCUT2D eigenvalue weighted by atomic mass is 32.2. The van der Waals surface area contributed by atoms with Crippen molar-refractivity contribution in [2.75, 3.05) is 77.3 Å². The van der Waals surface area contributed by atoms with E-state index in [0.717, 1.165) is 20.8 Å². The summed E-state index contributed by atoms with van der Waals surface area (Å²) in [5, 5.41) is 63.0. The monoisotopic (exact) mass is 1080 g/mol. The van der Waals surface area contributed by atoms with Crippen molar-refractivity contribution in [1.29, 1.82) is 0 Å². The molecule has 0 saturated carbocycles. The van der Waals surface area contributed by atoms with Gasteiger partial charge in [-0.3, -0.25) is 43.4 Å². The lowest BCUT2D eigenvalue weighted by molar-refractivity contribution is -0.154. The van der Waals surface area contributed by atoms with Gasteiger partial charge in [-0.1, -0.05) is 18.2 Å². The lowest BCUT2D eigenvalue weighted by Gasteiger charge is -2.33. The van der Waals surface area contributed by atoms with Crippen molar-refractivity contribution in [2.24, 2.45) is 11.8 Å². The fourth-order valence-electron chi connectivity index (χ4n) is 10.0. The smallest absolute Gasteiger partial charge is 0.321 e. The molecule has 2 fully saturated rings. The second-order valence-electron chi connectivity index (χ2n) is 18.9. The third kappa shape index (κ3) is 15.8. The van der Waals surface area contributed by atoms with Crippen LogP contribution in [0.15, 0.2) is 70.0 Å². The zero-order valence-electron chi connectivity index (χ0n) is 41.7. The number of carbonyl (C=O) groups excluding carboxylic acids is 2. The molecular formula is C51H64N6O18S. The third-order valence-corrected chi connectivity index (χ3v) is 14.7. The van der Waals surface area contributed by atoms with Gasteiger partial charge in [-0.15, -0.1) is 0 Å². The Balaban J connectivity index is 1.11. The number of ether oxygens (including phenoxy) is 1. The van der Waals surface area contributed by atoms with Gasteiger partial charge in [0.25, 0.3) is 0 Å². The van der Waals surface area contributed by atoms with Crippen molar-refractivity contribution in [3.8, 4) is 22.5 Å². The molecule has 2 amide bonds. The van der Waals surface area contributed by atoms with E-state index < -0.39 is 83.4 Å². The minimum Gasteiger partial charge on any atom is -0.744 e. The molecule has 0 radical (unpaired) electrons. The van der Waals surface area contributed by atoms with Crippen LogP contribution in [0.4, 0.5) is 5.69 Å². The maximum atomic E-state index is 13.2. The van der Waals surface area contributed by atoms with E-state index in [9.17, 15) is 61.9 Å². The lowest BCUT2D eigenvalue weighted by Crippen LogP contribution is -2.46. The third-order valence-electron chi connectivity index (χ3n) is 13.8. The summed E-state index contributed by atoms with van der Waals surface area (Å²) in [4.78, 5) is 87.7. The summed E-state index contributed by atoms with van der Waals surface area (Å²) >= 11 is 0. The van der Waals surface area contributed by atoms with E-state index in [2.05, 4.69) is 20.1 Å². The number of benzene rings is 3. The maximum absolute atomic E-state index is 13.2. The number of amides is 2. The van der Waals surface area contributed by atoms with Gasteiger partial charge in [0.05, 0.1) is 30.6 Å². The Bertz CT molecular complexity index is 2880. The Morgan fingerprint density at radius 3 is 1.82 bits per heavy atom. The molecule has 8 N–H and O–H groups in total. The highest BCUT2D eigenvalue weighted by molar-refractivity contribution is 7.85. The zero-order valence-corrected chi connectivity index (χ0v) is 42.5. The molecule has 3 aliphatic heterocycles. The molecule has 6 rings (SSSR count). The van der Waals surface area contributed by atoms with Crippen molar-refractivity contribution in [3.63, 3.8) is 0 Å². The number of unbranched alkanes of at least 4 members (excludes halogenated alkanes) is 2. The number of rotatable bonds is 28. The average Bonchev–Trinajstić information content (AvgIpc) is 3.39. The summed E-state index contributed by atoms with van der Waals surface area (Å²) < 4.78 is 51.5. The van der Waals surface area contributed by atoms with Crippen LogP contribution in [0, 0.1) is 11.8 Å². The number of aliphatic carboxylic acids is 5. The fraction of sp³-hybridized carbons (Fsp3) is 0.490. The van der Waals surface area contributed by atoms with Crippen LogP contribution >= 0.6 is 0 Å². The van der Waals surface area contributed by atoms with Crippen LogP contribution in [0.1, 0.15) is 64.2 Å². The van der Waals surface area contributed by atoms with Gasteiger partial charge in [0, 0.05) is 90.8 Å². The Morgan fingerprint density at radius 2 is 1.26 bits per heavy atom. The van der Waals surface area contributed by atoms with Crippen LogP contribution in [-0.2, 0) is 48.4 Å². The van der Waals surface area contributed by atoms with Crippen molar-refractivity contribution >= 4 is 68.4 Å². The average molecular weight is 1080 g/mol. The minimum atomic E-state index is -4.92. The number of aliphatic hydroxyl groups excluding tert-OH is 1. The molecule has 25 heteroatoms. The summed E-state index contributed by atoms with van der Waals surface area (Å²) in [6.07, 6.45) is 3.68. The van der Waals surface area contributed by atoms with Gasteiger partial charge in [0.15, 0.2) is 0 Å². The first-order valence-electron chi connectivity index (χ1n) is 25.0. The van der Waals surface area contributed by atoms with Gasteiger partial charge in [-0.2, -0.15) is 0 Å². The molecule has 0 spiro atoms. The maximum Gasteiger partial charge on any atom is 0.321 e. The van der Waals surface area contributed by atoms with E-state index in [1.807, 2.05) is 36.4 Å². The number of carbonyl (C=O) groups is 7. The molecule has 24 nitrogen and oxygen atoms in total. The summed E-state index contributed by atoms with van der Waals surface area (Å²) in [7, 11) is -4.92. The summed E-state index contributed by atoms with van der Waals surface area (Å²) in [5.74, 6) is -7.00. The second-order valence-corrected chi connectivity index (χ2v) is 20.2. The SMILES string of the molecule is O=C(O)CN(COCO)C(CCCCNC(=O)C1CC[N+](=c2ccc3c(-c4ccccc4S(=O)(=O)[O-])c4ccc(N5CCC(C(=O)NCCCCC(C(=O)O)N(CC(=O)O)CC(=O)O)CC5)cc4oc-3c2)CC1)C(=O)O. The minimum absolute atomic E-state index is 0.00900. The quantitative estimate of drug-likeness (QED) is 0.0132. The molecule has 2 unspecified atom stereocenters. The number of hydrogen-bond donors (Lipinski definition) is 8. The topological polar surface area (TPSA) is 357 Å². The number of carboxylic acids is 5. The number of nitrogens with zero attached hydrogens (tertiary/aromatic N) is 4. The molecule has 4 aliphatic rings. The van der Waals surface area contributed by atoms with E-state index in [0.29, 0.717) is 105 Å². The van der Waals surface area contributed by atoms with E-state index in [1.54, 1.807) is 12.1 Å². The van der Waals surface area contributed by atoms with Crippen molar-refractivity contribution < 1.29 is 86.3 Å². The van der Waals surface area contributed by atoms with Gasteiger partial charge in [0.2, 0.25) is 17.2 Å². The van der Waals surface area contributed by atoms with Crippen molar-refractivity contribution in [1.82, 2.24) is 25.0 Å². The fourth-order valence-corrected chi connectivity index (χ4v) is 10.7. The van der Waals surface area contributed by atoms with E-state index in [-0.39, 0.29) is 61.9 Å². The number of aliphatic hydroxyl groups is 1. The number of fused-ring (bicyclic) bond motifs is 2. The molecule has 2 aromatic rings. The molecule has 2 aromatic carbocycles. The summed E-state index contributed by atoms with van der Waals surface area (Å²) in [5.41, 5.74) is 2.45.